The van der Waals surface area contributed by atoms with Crippen molar-refractivity contribution in [2.24, 2.45) is 0 Å². The Kier molecular flexibility index (Phi) is 15.8. The fraction of sp³-hybridized carbons (Fsp3) is 0.750. The second-order valence-electron chi connectivity index (χ2n) is 1.50. The average molecular weight is 200 g/mol. The van der Waals surface area contributed by atoms with E-state index in [4.69, 9.17) is 0 Å². The van der Waals surface area contributed by atoms with E-state index in [1.54, 1.807) is 0 Å². The fourth-order valence-electron chi connectivity index (χ4n) is 0. The van der Waals surface area contributed by atoms with Crippen LogP contribution in [0.5, 0.6) is 0 Å². The van der Waals surface area contributed by atoms with Crippen molar-refractivity contribution in [1.29, 1.82) is 0 Å². The molecule has 2 heteroatoms. The summed E-state index contributed by atoms with van der Waals surface area (Å²) in [6, 6.07) is 0. The van der Waals surface area contributed by atoms with Crippen molar-refractivity contribution in [2.75, 3.05) is 0 Å². The van der Waals surface area contributed by atoms with Gasteiger partial charge in [-0.25, -0.2) is 0 Å². The third-order valence-corrected chi connectivity index (χ3v) is 0. The molecule has 0 saturated carbocycles. The van der Waals surface area contributed by atoms with Gasteiger partial charge in [0.1, 0.15) is 0 Å². The first-order valence-electron chi connectivity index (χ1n) is 1.61. The van der Waals surface area contributed by atoms with E-state index in [0.717, 1.165) is 0 Å². The molecule has 0 fully saturated rings. The van der Waals surface area contributed by atoms with Crippen molar-refractivity contribution >= 4 is 9.19 Å². The van der Waals surface area contributed by atoms with Crippen LogP contribution in [-0.4, -0.2) is 0 Å². The quantitative estimate of drug-likeness (QED) is 0.416. The maximum absolute atomic E-state index is 4.45. The molecule has 44 valence electrons. The van der Waals surface area contributed by atoms with Crippen LogP contribution in [0.1, 0.15) is 20.8 Å². The van der Waals surface area contributed by atoms with Gasteiger partial charge in [-0.15, -0.1) is 0 Å². The summed E-state index contributed by atoms with van der Waals surface area (Å²) in [5.41, 5.74) is 0. The molecule has 0 heterocycles. The summed E-state index contributed by atoms with van der Waals surface area (Å²) >= 11 is 2.42. The van der Waals surface area contributed by atoms with Crippen LogP contribution >= 0.6 is 9.19 Å². The molecular formula is C4H9AgCl-. The van der Waals surface area contributed by atoms with Crippen molar-refractivity contribution in [3.05, 3.63) is 5.92 Å². The molecule has 0 bridgehead atoms. The number of halogens is 1. The van der Waals surface area contributed by atoms with Crippen LogP contribution in [0.4, 0.5) is 0 Å². The van der Waals surface area contributed by atoms with Gasteiger partial charge in [-0.2, -0.15) is 20.8 Å². The minimum atomic E-state index is 1.42. The molecular weight excluding hydrogens is 191 g/mol. The van der Waals surface area contributed by atoms with Gasteiger partial charge in [-0.3, -0.25) is 0 Å². The van der Waals surface area contributed by atoms with Crippen LogP contribution in [-0.2, 0) is 20.0 Å². The number of hydrogen-bond acceptors (Lipinski definition) is 0. The van der Waals surface area contributed by atoms with Gasteiger partial charge in [0.25, 0.3) is 0 Å². The Balaban J connectivity index is 0. The number of rotatable bonds is 0. The minimum absolute atomic E-state index is 1.42. The molecule has 0 unspecified atom stereocenters. The summed E-state index contributed by atoms with van der Waals surface area (Å²) < 4.78 is 0. The summed E-state index contributed by atoms with van der Waals surface area (Å²) in [5.74, 6) is 1.42. The van der Waals surface area contributed by atoms with Gasteiger partial charge in [0, 0.05) is 0 Å². The number of hydrogen-bond donors (Lipinski definition) is 0. The zero-order valence-corrected chi connectivity index (χ0v) is 6.42. The van der Waals surface area contributed by atoms with E-state index in [1.165, 1.54) is 5.92 Å². The summed E-state index contributed by atoms with van der Waals surface area (Å²) in [7, 11) is 4.45. The molecule has 6 heavy (non-hydrogen) atoms. The molecule has 0 radical (unpaired) electrons. The van der Waals surface area contributed by atoms with Gasteiger partial charge in [0.15, 0.2) is 0 Å². The third-order valence-electron chi connectivity index (χ3n) is 0. The van der Waals surface area contributed by atoms with Gasteiger partial charge in [0.2, 0.25) is 0 Å². The Morgan fingerprint density at radius 2 is 1.17 bits per heavy atom. The predicted molar refractivity (Wildman–Crippen MR) is 26.1 cm³/mol. The zero-order valence-electron chi connectivity index (χ0n) is 4.18. The van der Waals surface area contributed by atoms with E-state index in [2.05, 4.69) is 49.9 Å². The molecule has 0 N–H and O–H groups in total. The molecule has 0 saturated heterocycles. The second kappa shape index (κ2) is 9.39. The van der Waals surface area contributed by atoms with Crippen molar-refractivity contribution < 1.29 is 20.0 Å². The molecule has 0 aliphatic heterocycles. The first-order valence-corrected chi connectivity index (χ1v) is 3.52. The topological polar surface area (TPSA) is 0 Å². The Morgan fingerprint density at radius 1 is 1.17 bits per heavy atom. The van der Waals surface area contributed by atoms with Gasteiger partial charge >= 0.3 is 29.2 Å². The van der Waals surface area contributed by atoms with Crippen LogP contribution < -0.4 is 0 Å². The molecule has 0 aromatic heterocycles. The third kappa shape index (κ3) is 77.0. The summed E-state index contributed by atoms with van der Waals surface area (Å²) in [5, 5.41) is 0. The molecule has 0 rings (SSSR count). The van der Waals surface area contributed by atoms with Gasteiger partial charge in [-0.1, -0.05) is 0 Å². The molecule has 0 nitrogen and oxygen atoms in total. The molecule has 0 amide bonds. The van der Waals surface area contributed by atoms with E-state index in [-0.39, 0.29) is 0 Å². The van der Waals surface area contributed by atoms with Crippen molar-refractivity contribution in [3.63, 3.8) is 0 Å². The standard InChI is InChI=1S/C4H9.Ag.ClH/c1-4(2)3;;/h1-3H3;;1H/q-1;+1;/p-1. The second-order valence-corrected chi connectivity index (χ2v) is 1.50. The van der Waals surface area contributed by atoms with Crippen LogP contribution in [0, 0.1) is 5.92 Å². The fourth-order valence-corrected chi connectivity index (χ4v) is 0. The van der Waals surface area contributed by atoms with E-state index in [0.29, 0.717) is 0 Å². The first kappa shape index (κ1) is 10.1. The van der Waals surface area contributed by atoms with E-state index in [9.17, 15) is 0 Å². The molecule has 0 aliphatic rings. The van der Waals surface area contributed by atoms with Gasteiger partial charge < -0.3 is 5.92 Å². The zero-order chi connectivity index (χ0) is 5.58. The SMILES string of the molecule is C[C-](C)C.[Cl][Ag]. The van der Waals surface area contributed by atoms with Crippen molar-refractivity contribution in [3.8, 4) is 0 Å². The first-order chi connectivity index (χ1) is 2.73. The van der Waals surface area contributed by atoms with Crippen LogP contribution in [0.2, 0.25) is 0 Å². The summed E-state index contributed by atoms with van der Waals surface area (Å²) in [4.78, 5) is 0. The van der Waals surface area contributed by atoms with E-state index >= 15 is 0 Å². The van der Waals surface area contributed by atoms with Crippen LogP contribution in [0.15, 0.2) is 0 Å². The molecule has 0 aromatic rings. The Bertz CT molecular complexity index is 12.3. The van der Waals surface area contributed by atoms with Crippen molar-refractivity contribution in [1.82, 2.24) is 0 Å². The van der Waals surface area contributed by atoms with E-state index in [1.807, 2.05) is 0 Å². The summed E-state index contributed by atoms with van der Waals surface area (Å²) in [6.07, 6.45) is 0. The van der Waals surface area contributed by atoms with Gasteiger partial charge in [-0.05, 0) is 0 Å². The Morgan fingerprint density at radius 3 is 1.17 bits per heavy atom. The molecule has 0 spiro atoms. The summed E-state index contributed by atoms with van der Waals surface area (Å²) in [6.45, 7) is 6.25. The average Bonchev–Trinajstić information content (AvgIpc) is 1.41. The maximum atomic E-state index is 4.45. The Labute approximate surface area is 56.0 Å². The van der Waals surface area contributed by atoms with E-state index < -0.39 is 0 Å². The van der Waals surface area contributed by atoms with Crippen molar-refractivity contribution in [2.45, 2.75) is 20.8 Å². The molecule has 0 atom stereocenters. The van der Waals surface area contributed by atoms with Crippen LogP contribution in [0.25, 0.3) is 0 Å². The monoisotopic (exact) mass is 199 g/mol. The Hall–Kier alpha value is 1.03. The predicted octanol–water partition coefficient (Wildman–Crippen LogP) is 2.31. The van der Waals surface area contributed by atoms with Gasteiger partial charge in [0.05, 0.1) is 0 Å². The normalized spacial score (nSPS) is 7.17. The molecule has 0 aliphatic carbocycles. The van der Waals surface area contributed by atoms with Crippen LogP contribution in [0.3, 0.4) is 0 Å². The molecule has 0 aromatic carbocycles.